The zero-order chi connectivity index (χ0) is 25.1. The van der Waals surface area contributed by atoms with Crippen LogP contribution in [-0.4, -0.2) is 24.5 Å². The summed E-state index contributed by atoms with van der Waals surface area (Å²) in [4.78, 5) is 24.3. The Balaban J connectivity index is 1.49. The fraction of sp³-hybridized carbons (Fsp3) is 0.100. The smallest absolute Gasteiger partial charge is 0.239 e. The maximum Gasteiger partial charge on any atom is 0.239 e. The standard InChI is InChI=1S/C30H21N7/c1-30(2)22-8-4-6-10-26(22)37(27-11-7-5-9-23(27)30)29-34-18-33-28(35-29)36-24-13-12-19(31-3)16-20(24)21-17-32-15-14-25(21)36/h4-18H,1-2H3. The first kappa shape index (κ1) is 21.2. The van der Waals surface area contributed by atoms with Crippen LogP contribution in [0.3, 0.4) is 0 Å². The molecule has 4 heterocycles. The normalized spacial score (nSPS) is 13.8. The van der Waals surface area contributed by atoms with Gasteiger partial charge in [0, 0.05) is 23.2 Å². The number of hydrogen-bond acceptors (Lipinski definition) is 5. The van der Waals surface area contributed by atoms with E-state index in [1.165, 1.54) is 11.1 Å². The van der Waals surface area contributed by atoms with Crippen molar-refractivity contribution >= 4 is 44.8 Å². The lowest BCUT2D eigenvalue weighted by atomic mass is 9.74. The maximum atomic E-state index is 7.45. The monoisotopic (exact) mass is 479 g/mol. The Bertz CT molecular complexity index is 1840. The molecule has 0 fully saturated rings. The average Bonchev–Trinajstić information content (AvgIpc) is 3.27. The van der Waals surface area contributed by atoms with Crippen LogP contribution in [-0.2, 0) is 5.41 Å². The molecule has 7 nitrogen and oxygen atoms in total. The van der Waals surface area contributed by atoms with Crippen LogP contribution in [0, 0.1) is 6.57 Å². The molecular formula is C30H21N7. The van der Waals surface area contributed by atoms with E-state index in [-0.39, 0.29) is 5.41 Å². The van der Waals surface area contributed by atoms with E-state index < -0.39 is 0 Å². The number of anilines is 3. The highest BCUT2D eigenvalue weighted by molar-refractivity contribution is 6.09. The van der Waals surface area contributed by atoms with Crippen molar-refractivity contribution < 1.29 is 0 Å². The molecule has 0 unspecified atom stereocenters. The summed E-state index contributed by atoms with van der Waals surface area (Å²) in [6, 6.07) is 24.4. The van der Waals surface area contributed by atoms with Gasteiger partial charge in [-0.15, -0.1) is 0 Å². The predicted molar refractivity (Wildman–Crippen MR) is 145 cm³/mol. The van der Waals surface area contributed by atoms with Crippen molar-refractivity contribution in [2.24, 2.45) is 0 Å². The van der Waals surface area contributed by atoms with Crippen molar-refractivity contribution in [3.63, 3.8) is 0 Å². The molecule has 7 rings (SSSR count). The minimum absolute atomic E-state index is 0.167. The number of aromatic nitrogens is 5. The molecule has 7 heteroatoms. The highest BCUT2D eigenvalue weighted by atomic mass is 15.3. The lowest BCUT2D eigenvalue weighted by molar-refractivity contribution is 0.630. The van der Waals surface area contributed by atoms with Crippen LogP contribution >= 0.6 is 0 Å². The summed E-state index contributed by atoms with van der Waals surface area (Å²) in [7, 11) is 0. The van der Waals surface area contributed by atoms with Crippen LogP contribution in [0.2, 0.25) is 0 Å². The number of pyridine rings is 1. The summed E-state index contributed by atoms with van der Waals surface area (Å²) in [6.45, 7) is 12.0. The van der Waals surface area contributed by atoms with E-state index in [0.717, 1.165) is 33.2 Å². The average molecular weight is 480 g/mol. The summed E-state index contributed by atoms with van der Waals surface area (Å²) in [5.41, 5.74) is 6.78. The first-order valence-corrected chi connectivity index (χ1v) is 12.0. The molecule has 3 aromatic heterocycles. The number of hydrogen-bond donors (Lipinski definition) is 0. The summed E-state index contributed by atoms with van der Waals surface area (Å²) >= 11 is 0. The van der Waals surface area contributed by atoms with Gasteiger partial charge in [0.25, 0.3) is 0 Å². The van der Waals surface area contributed by atoms with Gasteiger partial charge in [-0.1, -0.05) is 56.3 Å². The third-order valence-electron chi connectivity index (χ3n) is 7.26. The molecule has 37 heavy (non-hydrogen) atoms. The lowest BCUT2D eigenvalue weighted by Crippen LogP contribution is -2.31. The summed E-state index contributed by atoms with van der Waals surface area (Å²) in [6.07, 6.45) is 5.15. The Morgan fingerprint density at radius 2 is 1.46 bits per heavy atom. The Morgan fingerprint density at radius 1 is 0.784 bits per heavy atom. The summed E-state index contributed by atoms with van der Waals surface area (Å²) < 4.78 is 2.01. The molecule has 0 bridgehead atoms. The molecule has 0 aliphatic carbocycles. The van der Waals surface area contributed by atoms with Crippen LogP contribution in [0.5, 0.6) is 0 Å². The molecule has 1 aliphatic heterocycles. The molecule has 1 aliphatic rings. The molecule has 0 spiro atoms. The van der Waals surface area contributed by atoms with Gasteiger partial charge in [0.15, 0.2) is 5.69 Å². The topological polar surface area (TPSA) is 64.1 Å². The molecule has 0 atom stereocenters. The second-order valence-electron chi connectivity index (χ2n) is 9.62. The quantitative estimate of drug-likeness (QED) is 0.250. The Kier molecular flexibility index (Phi) is 4.42. The predicted octanol–water partition coefficient (Wildman–Crippen LogP) is 7.02. The van der Waals surface area contributed by atoms with E-state index in [9.17, 15) is 0 Å². The van der Waals surface area contributed by atoms with Crippen LogP contribution in [0.1, 0.15) is 25.0 Å². The number of nitrogens with zero attached hydrogens (tertiary/aromatic N) is 7. The first-order chi connectivity index (χ1) is 18.1. The molecule has 0 amide bonds. The van der Waals surface area contributed by atoms with E-state index in [1.807, 2.05) is 47.2 Å². The molecule has 0 radical (unpaired) electrons. The highest BCUT2D eigenvalue weighted by Gasteiger charge is 2.37. The second kappa shape index (κ2) is 7.70. The van der Waals surface area contributed by atoms with Gasteiger partial charge in [-0.25, -0.2) is 14.8 Å². The highest BCUT2D eigenvalue weighted by Crippen LogP contribution is 2.50. The fourth-order valence-electron chi connectivity index (χ4n) is 5.52. The first-order valence-electron chi connectivity index (χ1n) is 12.0. The van der Waals surface area contributed by atoms with Crippen molar-refractivity contribution in [2.45, 2.75) is 19.3 Å². The van der Waals surface area contributed by atoms with Crippen molar-refractivity contribution in [2.75, 3.05) is 4.90 Å². The van der Waals surface area contributed by atoms with Gasteiger partial charge in [-0.3, -0.25) is 14.5 Å². The summed E-state index contributed by atoms with van der Waals surface area (Å²) in [5.74, 6) is 1.05. The van der Waals surface area contributed by atoms with Crippen LogP contribution in [0.15, 0.2) is 91.5 Å². The van der Waals surface area contributed by atoms with Crippen LogP contribution in [0.4, 0.5) is 23.0 Å². The van der Waals surface area contributed by atoms with Gasteiger partial charge in [-0.05, 0) is 46.8 Å². The third kappa shape index (κ3) is 2.99. The lowest BCUT2D eigenvalue weighted by Gasteiger charge is -2.40. The van der Waals surface area contributed by atoms with E-state index in [4.69, 9.17) is 11.6 Å². The van der Waals surface area contributed by atoms with Gasteiger partial charge in [0.2, 0.25) is 11.9 Å². The number of rotatable bonds is 2. The van der Waals surface area contributed by atoms with Gasteiger partial charge in [0.1, 0.15) is 6.33 Å². The molecule has 0 N–H and O–H groups in total. The van der Waals surface area contributed by atoms with Crippen molar-refractivity contribution in [1.29, 1.82) is 0 Å². The molecular weight excluding hydrogens is 458 g/mol. The van der Waals surface area contributed by atoms with E-state index >= 15 is 0 Å². The largest absolute Gasteiger partial charge is 0.278 e. The van der Waals surface area contributed by atoms with Crippen molar-refractivity contribution in [3.8, 4) is 5.95 Å². The minimum Gasteiger partial charge on any atom is -0.278 e. The maximum absolute atomic E-state index is 7.45. The zero-order valence-corrected chi connectivity index (χ0v) is 20.3. The van der Waals surface area contributed by atoms with E-state index in [0.29, 0.717) is 17.6 Å². The summed E-state index contributed by atoms with van der Waals surface area (Å²) in [5, 5.41) is 1.88. The Morgan fingerprint density at radius 3 is 2.19 bits per heavy atom. The molecule has 176 valence electrons. The molecule has 6 aromatic rings. The van der Waals surface area contributed by atoms with Crippen molar-refractivity contribution in [3.05, 3.63) is 114 Å². The molecule has 0 saturated heterocycles. The Hall–Kier alpha value is -5.09. The third-order valence-corrected chi connectivity index (χ3v) is 7.26. The SMILES string of the molecule is [C-]#[N+]c1ccc2c(c1)c1cnccc1n2-c1ncnc(N2c3ccccc3C(C)(C)c3ccccc32)n1. The van der Waals surface area contributed by atoms with Crippen LogP contribution in [0.25, 0.3) is 32.6 Å². The van der Waals surface area contributed by atoms with E-state index in [1.54, 1.807) is 12.5 Å². The molecule has 0 saturated carbocycles. The van der Waals surface area contributed by atoms with Gasteiger partial charge < -0.3 is 0 Å². The van der Waals surface area contributed by atoms with Gasteiger partial charge >= 0.3 is 0 Å². The van der Waals surface area contributed by atoms with Gasteiger partial charge in [-0.2, -0.15) is 4.98 Å². The second-order valence-corrected chi connectivity index (χ2v) is 9.62. The Labute approximate surface area is 213 Å². The number of fused-ring (bicyclic) bond motifs is 5. The van der Waals surface area contributed by atoms with Crippen molar-refractivity contribution in [1.82, 2.24) is 24.5 Å². The minimum atomic E-state index is -0.167. The number of para-hydroxylation sites is 2. The zero-order valence-electron chi connectivity index (χ0n) is 20.3. The fourth-order valence-corrected chi connectivity index (χ4v) is 5.52. The van der Waals surface area contributed by atoms with Crippen LogP contribution < -0.4 is 4.90 Å². The van der Waals surface area contributed by atoms with Gasteiger partial charge in [0.05, 0.1) is 29.0 Å². The van der Waals surface area contributed by atoms with E-state index in [2.05, 4.69) is 74.9 Å². The molecule has 3 aromatic carbocycles. The number of benzene rings is 3.